The highest BCUT2D eigenvalue weighted by atomic mass is 32.2. The van der Waals surface area contributed by atoms with Crippen LogP contribution in [0.3, 0.4) is 0 Å². The first-order valence-corrected chi connectivity index (χ1v) is 7.54. The van der Waals surface area contributed by atoms with Crippen molar-refractivity contribution in [2.45, 2.75) is 13.3 Å². The molecule has 0 fully saturated rings. The third-order valence-electron chi connectivity index (χ3n) is 2.39. The summed E-state index contributed by atoms with van der Waals surface area (Å²) in [7, 11) is -1.67. The van der Waals surface area contributed by atoms with E-state index in [0.717, 1.165) is 6.26 Å². The molecular weight excluding hydrogens is 274 g/mol. The van der Waals surface area contributed by atoms with Crippen molar-refractivity contribution in [1.29, 1.82) is 0 Å². The highest BCUT2D eigenvalue weighted by Gasteiger charge is 2.25. The lowest BCUT2D eigenvalue weighted by atomic mass is 10.3. The van der Waals surface area contributed by atoms with E-state index in [-0.39, 0.29) is 24.6 Å². The van der Waals surface area contributed by atoms with E-state index in [1.54, 1.807) is 14.0 Å². The van der Waals surface area contributed by atoms with Crippen molar-refractivity contribution in [2.24, 2.45) is 7.05 Å². The number of hydrogen-bond acceptors (Lipinski definition) is 6. The molecule has 0 radical (unpaired) electrons. The van der Waals surface area contributed by atoms with E-state index in [1.165, 1.54) is 4.68 Å². The lowest BCUT2D eigenvalue weighted by molar-refractivity contribution is -0.384. The standard InChI is InChI=1S/C9H17N5O4S/c1-4-7-8(14(15)16)9(13(2)12-7)10-5-6-11-19(3,17)18/h10-11H,4-6H2,1-3H3. The summed E-state index contributed by atoms with van der Waals surface area (Å²) in [6.45, 7) is 2.16. The largest absolute Gasteiger partial charge is 0.363 e. The van der Waals surface area contributed by atoms with Crippen molar-refractivity contribution < 1.29 is 13.3 Å². The second-order valence-corrected chi connectivity index (χ2v) is 5.80. The lowest BCUT2D eigenvalue weighted by Gasteiger charge is -2.06. The molecule has 0 unspecified atom stereocenters. The minimum atomic E-state index is -3.26. The number of rotatable bonds is 7. The molecule has 0 amide bonds. The second kappa shape index (κ2) is 5.97. The average Bonchev–Trinajstić information content (AvgIpc) is 2.60. The molecule has 9 nitrogen and oxygen atoms in total. The van der Waals surface area contributed by atoms with Gasteiger partial charge in [-0.15, -0.1) is 0 Å². The first kappa shape index (κ1) is 15.4. The van der Waals surface area contributed by atoms with Gasteiger partial charge in [0.15, 0.2) is 0 Å². The number of anilines is 1. The predicted octanol–water partition coefficient (Wildman–Crippen LogP) is -0.148. The topological polar surface area (TPSA) is 119 Å². The van der Waals surface area contributed by atoms with E-state index >= 15 is 0 Å². The van der Waals surface area contributed by atoms with Crippen LogP contribution in [-0.2, 0) is 23.5 Å². The Hall–Kier alpha value is -1.68. The summed E-state index contributed by atoms with van der Waals surface area (Å²) >= 11 is 0. The zero-order valence-electron chi connectivity index (χ0n) is 11.0. The number of hydrogen-bond donors (Lipinski definition) is 2. The van der Waals surface area contributed by atoms with Crippen LogP contribution in [0.1, 0.15) is 12.6 Å². The van der Waals surface area contributed by atoms with Crippen LogP contribution in [0.4, 0.5) is 11.5 Å². The van der Waals surface area contributed by atoms with Gasteiger partial charge in [-0.2, -0.15) is 5.10 Å². The molecule has 0 aliphatic carbocycles. The minimum absolute atomic E-state index is 0.0654. The van der Waals surface area contributed by atoms with Crippen LogP contribution in [0.2, 0.25) is 0 Å². The maximum atomic E-state index is 11.0. The van der Waals surface area contributed by atoms with Gasteiger partial charge in [-0.05, 0) is 6.42 Å². The van der Waals surface area contributed by atoms with Gasteiger partial charge >= 0.3 is 5.69 Å². The molecule has 19 heavy (non-hydrogen) atoms. The van der Waals surface area contributed by atoms with Crippen LogP contribution >= 0.6 is 0 Å². The van der Waals surface area contributed by atoms with Crippen LogP contribution in [0.5, 0.6) is 0 Å². The fraction of sp³-hybridized carbons (Fsp3) is 0.667. The molecule has 1 aromatic heterocycles. The molecule has 0 bridgehead atoms. The number of aryl methyl sites for hydroxylation is 2. The van der Waals surface area contributed by atoms with Crippen LogP contribution in [0.25, 0.3) is 0 Å². The first-order chi connectivity index (χ1) is 8.76. The fourth-order valence-electron chi connectivity index (χ4n) is 1.61. The van der Waals surface area contributed by atoms with Gasteiger partial charge in [-0.25, -0.2) is 17.8 Å². The number of sulfonamides is 1. The quantitative estimate of drug-likeness (QED) is 0.409. The van der Waals surface area contributed by atoms with E-state index in [1.807, 2.05) is 0 Å². The monoisotopic (exact) mass is 291 g/mol. The van der Waals surface area contributed by atoms with Crippen molar-refractivity contribution in [3.8, 4) is 0 Å². The molecule has 0 aliphatic rings. The van der Waals surface area contributed by atoms with E-state index in [2.05, 4.69) is 15.1 Å². The number of aromatic nitrogens is 2. The fourth-order valence-corrected chi connectivity index (χ4v) is 2.09. The van der Waals surface area contributed by atoms with Gasteiger partial charge in [0, 0.05) is 20.1 Å². The maximum absolute atomic E-state index is 11.0. The van der Waals surface area contributed by atoms with E-state index < -0.39 is 14.9 Å². The maximum Gasteiger partial charge on any atom is 0.333 e. The molecular formula is C9H17N5O4S. The summed E-state index contributed by atoms with van der Waals surface area (Å²) in [5.41, 5.74) is 0.329. The Labute approximate surface area is 111 Å². The summed E-state index contributed by atoms with van der Waals surface area (Å²) in [5.74, 6) is 0.275. The lowest BCUT2D eigenvalue weighted by Crippen LogP contribution is -2.28. The minimum Gasteiger partial charge on any atom is -0.363 e. The normalized spacial score (nSPS) is 11.5. The number of nitrogens with one attached hydrogen (secondary N) is 2. The highest BCUT2D eigenvalue weighted by molar-refractivity contribution is 7.88. The summed E-state index contributed by atoms with van der Waals surface area (Å²) in [6, 6.07) is 0. The summed E-state index contributed by atoms with van der Waals surface area (Å²) in [6.07, 6.45) is 1.50. The van der Waals surface area contributed by atoms with Crippen molar-refractivity contribution in [1.82, 2.24) is 14.5 Å². The molecule has 2 N–H and O–H groups in total. The Kier molecular flexibility index (Phi) is 4.84. The van der Waals surface area contributed by atoms with Crippen LogP contribution in [0.15, 0.2) is 0 Å². The van der Waals surface area contributed by atoms with E-state index in [0.29, 0.717) is 12.1 Å². The molecule has 10 heteroatoms. The molecule has 0 saturated carbocycles. The molecule has 1 rings (SSSR count). The van der Waals surface area contributed by atoms with Crippen molar-refractivity contribution in [3.05, 3.63) is 15.8 Å². The molecule has 1 aromatic rings. The smallest absolute Gasteiger partial charge is 0.333 e. The van der Waals surface area contributed by atoms with E-state index in [4.69, 9.17) is 0 Å². The zero-order valence-corrected chi connectivity index (χ0v) is 11.8. The summed E-state index contributed by atoms with van der Waals surface area (Å²) in [5, 5.41) is 17.9. The molecule has 0 atom stereocenters. The average molecular weight is 291 g/mol. The Morgan fingerprint density at radius 2 is 2.05 bits per heavy atom. The third kappa shape index (κ3) is 4.17. The molecule has 108 valence electrons. The van der Waals surface area contributed by atoms with Gasteiger partial charge in [-0.3, -0.25) is 10.1 Å². The highest BCUT2D eigenvalue weighted by Crippen LogP contribution is 2.27. The first-order valence-electron chi connectivity index (χ1n) is 5.65. The predicted molar refractivity (Wildman–Crippen MR) is 70.6 cm³/mol. The van der Waals surface area contributed by atoms with Gasteiger partial charge < -0.3 is 5.32 Å². The zero-order chi connectivity index (χ0) is 14.6. The van der Waals surface area contributed by atoms with Gasteiger partial charge in [0.25, 0.3) is 0 Å². The SMILES string of the molecule is CCc1nn(C)c(NCCNS(C)(=O)=O)c1[N+](=O)[O-]. The van der Waals surface area contributed by atoms with Crippen molar-refractivity contribution in [2.75, 3.05) is 24.7 Å². The van der Waals surface area contributed by atoms with Gasteiger partial charge in [0.2, 0.25) is 15.8 Å². The molecule has 0 spiro atoms. The van der Waals surface area contributed by atoms with Crippen LogP contribution in [-0.4, -0.2) is 42.5 Å². The third-order valence-corrected chi connectivity index (χ3v) is 3.12. The van der Waals surface area contributed by atoms with Gasteiger partial charge in [0.05, 0.1) is 11.2 Å². The Morgan fingerprint density at radius 1 is 1.42 bits per heavy atom. The van der Waals surface area contributed by atoms with Crippen LogP contribution in [0, 0.1) is 10.1 Å². The van der Waals surface area contributed by atoms with Crippen molar-refractivity contribution in [3.63, 3.8) is 0 Å². The van der Waals surface area contributed by atoms with Gasteiger partial charge in [0.1, 0.15) is 5.69 Å². The summed E-state index contributed by atoms with van der Waals surface area (Å²) < 4.78 is 25.4. The van der Waals surface area contributed by atoms with Crippen LogP contribution < -0.4 is 10.0 Å². The second-order valence-electron chi connectivity index (χ2n) is 3.97. The van der Waals surface area contributed by atoms with Gasteiger partial charge in [-0.1, -0.05) is 6.92 Å². The molecule has 0 saturated heterocycles. The molecule has 0 aliphatic heterocycles. The molecule has 0 aromatic carbocycles. The Balaban J connectivity index is 2.78. The molecule has 1 heterocycles. The summed E-state index contributed by atoms with van der Waals surface area (Å²) in [4.78, 5) is 10.5. The number of nitrogens with zero attached hydrogens (tertiary/aromatic N) is 3. The van der Waals surface area contributed by atoms with Crippen molar-refractivity contribution >= 4 is 21.5 Å². The Morgan fingerprint density at radius 3 is 2.53 bits per heavy atom. The van der Waals surface area contributed by atoms with E-state index in [9.17, 15) is 18.5 Å². The number of nitro groups is 1. The Bertz CT molecular complexity index is 565.